The van der Waals surface area contributed by atoms with Crippen molar-refractivity contribution < 1.29 is 0 Å². The lowest BCUT2D eigenvalue weighted by atomic mass is 10.0. The average Bonchev–Trinajstić information content (AvgIpc) is 1.87. The summed E-state index contributed by atoms with van der Waals surface area (Å²) in [6.45, 7) is 10.3. The highest BCUT2D eigenvalue weighted by atomic mass is 14.8. The van der Waals surface area contributed by atoms with Crippen LogP contribution in [0.5, 0.6) is 0 Å². The molecule has 0 aromatic carbocycles. The Hall–Kier alpha value is -0.720. The quantitative estimate of drug-likeness (QED) is 0.592. The fourth-order valence-corrected chi connectivity index (χ4v) is 0.514. The van der Waals surface area contributed by atoms with Gasteiger partial charge in [-0.3, -0.25) is 0 Å². The van der Waals surface area contributed by atoms with Gasteiger partial charge in [-0.25, -0.2) is 0 Å². The first-order valence-electron chi connectivity index (χ1n) is 3.62. The maximum atomic E-state index is 3.81. The zero-order valence-electron chi connectivity index (χ0n) is 7.36. The molecule has 0 aliphatic heterocycles. The summed E-state index contributed by atoms with van der Waals surface area (Å²) in [4.78, 5) is 0. The first-order valence-corrected chi connectivity index (χ1v) is 3.62. The van der Waals surface area contributed by atoms with Gasteiger partial charge in [0.2, 0.25) is 0 Å². The van der Waals surface area contributed by atoms with Crippen LogP contribution in [-0.2, 0) is 0 Å². The summed E-state index contributed by atoms with van der Waals surface area (Å²) in [6.07, 6.45) is 2.07. The van der Waals surface area contributed by atoms with Crippen molar-refractivity contribution in [1.82, 2.24) is 5.32 Å². The minimum absolute atomic E-state index is 0.616. The van der Waals surface area contributed by atoms with Crippen LogP contribution < -0.4 is 5.32 Å². The highest BCUT2D eigenvalue weighted by Gasteiger charge is 1.94. The molecule has 58 valence electrons. The largest absolute Gasteiger partial charge is 0.389 e. The maximum absolute atomic E-state index is 3.81. The number of allylic oxidation sites excluding steroid dienone is 2. The van der Waals surface area contributed by atoms with Gasteiger partial charge in [-0.1, -0.05) is 26.0 Å². The predicted molar refractivity (Wildman–Crippen MR) is 46.8 cm³/mol. The number of hydrogen-bond donors (Lipinski definition) is 1. The van der Waals surface area contributed by atoms with Crippen LogP contribution in [0.3, 0.4) is 0 Å². The van der Waals surface area contributed by atoms with Crippen LogP contribution in [0.2, 0.25) is 0 Å². The first-order chi connectivity index (χ1) is 4.57. The Balaban J connectivity index is 4.03. The Morgan fingerprint density at radius 2 is 2.00 bits per heavy atom. The van der Waals surface area contributed by atoms with E-state index in [9.17, 15) is 0 Å². The summed E-state index contributed by atoms with van der Waals surface area (Å²) in [5, 5.41) is 2.98. The van der Waals surface area contributed by atoms with Gasteiger partial charge < -0.3 is 5.32 Å². The SMILES string of the molecule is C=C(/C=C(\C)C(C)C)NC. The Labute approximate surface area is 63.8 Å². The molecule has 1 heteroatoms. The molecule has 0 fully saturated rings. The number of likely N-dealkylation sites (N-methyl/N-ethyl adjacent to an activating group) is 1. The molecule has 0 bridgehead atoms. The number of hydrogen-bond acceptors (Lipinski definition) is 1. The van der Waals surface area contributed by atoms with Crippen molar-refractivity contribution in [3.63, 3.8) is 0 Å². The molecule has 0 rings (SSSR count). The third kappa shape index (κ3) is 3.33. The number of nitrogens with one attached hydrogen (secondary N) is 1. The summed E-state index contributed by atoms with van der Waals surface area (Å²) >= 11 is 0. The molecule has 0 atom stereocenters. The highest BCUT2D eigenvalue weighted by molar-refractivity contribution is 5.18. The Morgan fingerprint density at radius 1 is 1.50 bits per heavy atom. The van der Waals surface area contributed by atoms with Crippen molar-refractivity contribution in [2.24, 2.45) is 5.92 Å². The van der Waals surface area contributed by atoms with Gasteiger partial charge in [0.25, 0.3) is 0 Å². The minimum atomic E-state index is 0.616. The fourth-order valence-electron chi connectivity index (χ4n) is 0.514. The van der Waals surface area contributed by atoms with E-state index in [1.54, 1.807) is 0 Å². The van der Waals surface area contributed by atoms with Gasteiger partial charge in [0.05, 0.1) is 0 Å². The molecule has 0 saturated heterocycles. The summed E-state index contributed by atoms with van der Waals surface area (Å²) in [5.41, 5.74) is 2.34. The average molecular weight is 139 g/mol. The molecule has 0 radical (unpaired) electrons. The van der Waals surface area contributed by atoms with E-state index in [0.717, 1.165) is 5.70 Å². The van der Waals surface area contributed by atoms with Gasteiger partial charge in [0.1, 0.15) is 0 Å². The molecule has 0 heterocycles. The number of rotatable bonds is 3. The molecule has 0 unspecified atom stereocenters. The van der Waals surface area contributed by atoms with Gasteiger partial charge in [-0.05, 0) is 18.9 Å². The Kier molecular flexibility index (Phi) is 3.85. The molecule has 0 aliphatic carbocycles. The summed E-state index contributed by atoms with van der Waals surface area (Å²) in [7, 11) is 1.88. The topological polar surface area (TPSA) is 12.0 Å². The predicted octanol–water partition coefficient (Wildman–Crippen LogP) is 2.32. The molecular weight excluding hydrogens is 122 g/mol. The van der Waals surface area contributed by atoms with E-state index in [0.29, 0.717) is 5.92 Å². The Morgan fingerprint density at radius 3 is 2.30 bits per heavy atom. The monoisotopic (exact) mass is 139 g/mol. The van der Waals surface area contributed by atoms with Crippen molar-refractivity contribution in [3.8, 4) is 0 Å². The van der Waals surface area contributed by atoms with Crippen LogP contribution in [0.15, 0.2) is 23.9 Å². The smallest absolute Gasteiger partial charge is 0.0264 e. The minimum Gasteiger partial charge on any atom is -0.389 e. The maximum Gasteiger partial charge on any atom is 0.0264 e. The van der Waals surface area contributed by atoms with Crippen LogP contribution in [0.25, 0.3) is 0 Å². The lowest BCUT2D eigenvalue weighted by Crippen LogP contribution is -2.02. The zero-order chi connectivity index (χ0) is 8.15. The van der Waals surface area contributed by atoms with Crippen LogP contribution >= 0.6 is 0 Å². The molecule has 10 heavy (non-hydrogen) atoms. The second-order valence-electron chi connectivity index (χ2n) is 2.82. The fraction of sp³-hybridized carbons (Fsp3) is 0.556. The lowest BCUT2D eigenvalue weighted by molar-refractivity contribution is 0.766. The van der Waals surface area contributed by atoms with Crippen molar-refractivity contribution in [3.05, 3.63) is 23.9 Å². The van der Waals surface area contributed by atoms with Crippen molar-refractivity contribution in [2.75, 3.05) is 7.05 Å². The van der Waals surface area contributed by atoms with E-state index in [-0.39, 0.29) is 0 Å². The van der Waals surface area contributed by atoms with Crippen molar-refractivity contribution in [1.29, 1.82) is 0 Å². The molecule has 0 aliphatic rings. The summed E-state index contributed by atoms with van der Waals surface area (Å²) in [6, 6.07) is 0. The summed E-state index contributed by atoms with van der Waals surface area (Å²) < 4.78 is 0. The van der Waals surface area contributed by atoms with E-state index < -0.39 is 0 Å². The molecule has 1 N–H and O–H groups in total. The zero-order valence-corrected chi connectivity index (χ0v) is 7.36. The van der Waals surface area contributed by atoms with Gasteiger partial charge in [-0.2, -0.15) is 0 Å². The van der Waals surface area contributed by atoms with Crippen LogP contribution in [-0.4, -0.2) is 7.05 Å². The molecular formula is C9H17N. The molecule has 1 nitrogen and oxygen atoms in total. The third-order valence-electron chi connectivity index (χ3n) is 1.63. The highest BCUT2D eigenvalue weighted by Crippen LogP contribution is 2.08. The second kappa shape index (κ2) is 4.15. The van der Waals surface area contributed by atoms with E-state index in [2.05, 4.69) is 38.7 Å². The second-order valence-corrected chi connectivity index (χ2v) is 2.82. The van der Waals surface area contributed by atoms with E-state index >= 15 is 0 Å². The molecule has 0 spiro atoms. The van der Waals surface area contributed by atoms with Gasteiger partial charge in [-0.15, -0.1) is 0 Å². The Bertz CT molecular complexity index is 143. The normalized spacial score (nSPS) is 11.9. The first kappa shape index (κ1) is 9.28. The lowest BCUT2D eigenvalue weighted by Gasteiger charge is -2.05. The molecule has 0 aromatic heterocycles. The molecule has 0 aromatic rings. The van der Waals surface area contributed by atoms with E-state index in [1.165, 1.54) is 5.57 Å². The third-order valence-corrected chi connectivity index (χ3v) is 1.63. The van der Waals surface area contributed by atoms with Gasteiger partial charge in [0, 0.05) is 12.7 Å². The van der Waals surface area contributed by atoms with Crippen LogP contribution in [0, 0.1) is 5.92 Å². The van der Waals surface area contributed by atoms with Crippen LogP contribution in [0.1, 0.15) is 20.8 Å². The summed E-state index contributed by atoms with van der Waals surface area (Å²) in [5.74, 6) is 0.616. The van der Waals surface area contributed by atoms with Crippen molar-refractivity contribution >= 4 is 0 Å². The van der Waals surface area contributed by atoms with Gasteiger partial charge in [0.15, 0.2) is 0 Å². The standard InChI is InChI=1S/C9H17N/c1-7(2)8(3)6-9(4)10-5/h6-7,10H,4H2,1-3,5H3/b8-6+. The van der Waals surface area contributed by atoms with Crippen LogP contribution in [0.4, 0.5) is 0 Å². The molecule has 0 amide bonds. The van der Waals surface area contributed by atoms with Gasteiger partial charge >= 0.3 is 0 Å². The molecule has 0 saturated carbocycles. The van der Waals surface area contributed by atoms with Crippen molar-refractivity contribution in [2.45, 2.75) is 20.8 Å². The van der Waals surface area contributed by atoms with E-state index in [1.807, 2.05) is 7.05 Å². The van der Waals surface area contributed by atoms with E-state index in [4.69, 9.17) is 0 Å².